The van der Waals surface area contributed by atoms with Crippen molar-refractivity contribution < 1.29 is 4.74 Å². The summed E-state index contributed by atoms with van der Waals surface area (Å²) >= 11 is 5.90. The molecule has 0 aliphatic carbocycles. The number of methoxy groups -OCH3 is 1. The second-order valence-electron chi connectivity index (χ2n) is 3.92. The quantitative estimate of drug-likeness (QED) is 0.817. The Kier molecular flexibility index (Phi) is 3.63. The van der Waals surface area contributed by atoms with Gasteiger partial charge in [-0.25, -0.2) is 9.99 Å². The van der Waals surface area contributed by atoms with E-state index in [1.165, 1.54) is 5.56 Å². The zero-order valence-corrected chi connectivity index (χ0v) is 10.3. The Balaban J connectivity index is 2.15. The molecule has 1 fully saturated rings. The van der Waals surface area contributed by atoms with Gasteiger partial charge in [-0.3, -0.25) is 5.43 Å². The van der Waals surface area contributed by atoms with Gasteiger partial charge in [0, 0.05) is 25.2 Å². The first kappa shape index (κ1) is 11.6. The molecule has 1 N–H and O–H groups in total. The molecule has 16 heavy (non-hydrogen) atoms. The van der Waals surface area contributed by atoms with Crippen LogP contribution < -0.4 is 10.2 Å². The molecule has 0 amide bonds. The molecule has 4 nitrogen and oxygen atoms in total. The fourth-order valence-electron chi connectivity index (χ4n) is 2.04. The SMILES string of the molecule is CNN1CC[C@H](c2cnc(Cl)c(OC)c2)C1. The predicted octanol–water partition coefficient (Wildman–Crippen LogP) is 1.67. The van der Waals surface area contributed by atoms with Gasteiger partial charge in [0.1, 0.15) is 0 Å². The third kappa shape index (κ3) is 2.29. The van der Waals surface area contributed by atoms with E-state index in [0.29, 0.717) is 16.8 Å². The van der Waals surface area contributed by atoms with E-state index < -0.39 is 0 Å². The van der Waals surface area contributed by atoms with Gasteiger partial charge >= 0.3 is 0 Å². The second-order valence-corrected chi connectivity index (χ2v) is 4.27. The number of ether oxygens (including phenoxy) is 1. The van der Waals surface area contributed by atoms with Crippen LogP contribution in [0.4, 0.5) is 0 Å². The number of halogens is 1. The van der Waals surface area contributed by atoms with Crippen molar-refractivity contribution in [1.29, 1.82) is 0 Å². The highest BCUT2D eigenvalue weighted by molar-refractivity contribution is 6.30. The van der Waals surface area contributed by atoms with E-state index in [9.17, 15) is 0 Å². The Hall–Kier alpha value is -0.840. The average Bonchev–Trinajstić information content (AvgIpc) is 2.78. The molecule has 0 aromatic carbocycles. The summed E-state index contributed by atoms with van der Waals surface area (Å²) in [6, 6.07) is 1.99. The van der Waals surface area contributed by atoms with E-state index in [1.807, 2.05) is 19.3 Å². The molecule has 1 aliphatic rings. The number of aromatic nitrogens is 1. The van der Waals surface area contributed by atoms with E-state index in [-0.39, 0.29) is 0 Å². The van der Waals surface area contributed by atoms with Crippen molar-refractivity contribution in [2.24, 2.45) is 0 Å². The molecule has 0 bridgehead atoms. The molecule has 0 spiro atoms. The summed E-state index contributed by atoms with van der Waals surface area (Å²) in [5.74, 6) is 1.16. The maximum absolute atomic E-state index is 5.90. The molecule has 1 aliphatic heterocycles. The monoisotopic (exact) mass is 241 g/mol. The van der Waals surface area contributed by atoms with Crippen LogP contribution in [0.5, 0.6) is 5.75 Å². The summed E-state index contributed by atoms with van der Waals surface area (Å²) < 4.78 is 5.17. The predicted molar refractivity (Wildman–Crippen MR) is 63.8 cm³/mol. The van der Waals surface area contributed by atoms with E-state index in [2.05, 4.69) is 15.4 Å². The van der Waals surface area contributed by atoms with Crippen molar-refractivity contribution >= 4 is 11.6 Å². The van der Waals surface area contributed by atoms with Crippen molar-refractivity contribution in [2.45, 2.75) is 12.3 Å². The molecule has 1 aromatic rings. The second kappa shape index (κ2) is 4.99. The lowest BCUT2D eigenvalue weighted by atomic mass is 10.0. The summed E-state index contributed by atoms with van der Waals surface area (Å²) in [4.78, 5) is 4.15. The molecular weight excluding hydrogens is 226 g/mol. The van der Waals surface area contributed by atoms with E-state index in [4.69, 9.17) is 16.3 Å². The van der Waals surface area contributed by atoms with Crippen LogP contribution in [-0.2, 0) is 0 Å². The largest absolute Gasteiger partial charge is 0.494 e. The smallest absolute Gasteiger partial charge is 0.171 e. The minimum atomic E-state index is 0.426. The Morgan fingerprint density at radius 1 is 1.62 bits per heavy atom. The standard InChI is InChI=1S/C11H16ClN3O/c1-13-15-4-3-8(7-15)9-5-10(16-2)11(12)14-6-9/h5-6,8,13H,3-4,7H2,1-2H3/t8-/m0/s1. The number of rotatable bonds is 3. The van der Waals surface area contributed by atoms with Crippen molar-refractivity contribution in [2.75, 3.05) is 27.2 Å². The van der Waals surface area contributed by atoms with Crippen molar-refractivity contribution in [3.05, 3.63) is 23.0 Å². The van der Waals surface area contributed by atoms with Crippen LogP contribution >= 0.6 is 11.6 Å². The van der Waals surface area contributed by atoms with Crippen molar-refractivity contribution in [3.8, 4) is 5.75 Å². The zero-order chi connectivity index (χ0) is 11.5. The van der Waals surface area contributed by atoms with Crippen LogP contribution in [0.25, 0.3) is 0 Å². The van der Waals surface area contributed by atoms with Crippen LogP contribution in [0, 0.1) is 0 Å². The molecule has 0 radical (unpaired) electrons. The van der Waals surface area contributed by atoms with Crippen LogP contribution in [0.3, 0.4) is 0 Å². The molecule has 0 saturated carbocycles. The van der Waals surface area contributed by atoms with Gasteiger partial charge in [0.05, 0.1) is 7.11 Å². The third-order valence-corrected chi connectivity index (χ3v) is 3.31. The Bertz CT molecular complexity index is 372. The van der Waals surface area contributed by atoms with Gasteiger partial charge in [0.25, 0.3) is 0 Å². The first-order valence-electron chi connectivity index (χ1n) is 5.36. The molecule has 2 heterocycles. The number of pyridine rings is 1. The fraction of sp³-hybridized carbons (Fsp3) is 0.545. The summed E-state index contributed by atoms with van der Waals surface area (Å²) in [6.07, 6.45) is 2.97. The summed E-state index contributed by atoms with van der Waals surface area (Å²) in [6.45, 7) is 2.06. The maximum atomic E-state index is 5.90. The first-order valence-corrected chi connectivity index (χ1v) is 5.74. The van der Waals surface area contributed by atoms with Gasteiger partial charge < -0.3 is 4.74 Å². The summed E-state index contributed by atoms with van der Waals surface area (Å²) in [5.41, 5.74) is 4.35. The molecule has 1 aromatic heterocycles. The number of hydrogen-bond donors (Lipinski definition) is 1. The minimum Gasteiger partial charge on any atom is -0.494 e. The molecule has 0 unspecified atom stereocenters. The van der Waals surface area contributed by atoms with E-state index >= 15 is 0 Å². The van der Waals surface area contributed by atoms with Crippen molar-refractivity contribution in [3.63, 3.8) is 0 Å². The number of nitrogens with one attached hydrogen (secondary N) is 1. The van der Waals surface area contributed by atoms with Gasteiger partial charge in [-0.1, -0.05) is 11.6 Å². The Morgan fingerprint density at radius 3 is 3.06 bits per heavy atom. The van der Waals surface area contributed by atoms with E-state index in [0.717, 1.165) is 19.5 Å². The Labute approximate surface area is 101 Å². The van der Waals surface area contributed by atoms with Crippen molar-refractivity contribution in [1.82, 2.24) is 15.4 Å². The van der Waals surface area contributed by atoms with Gasteiger partial charge in [-0.2, -0.15) is 0 Å². The number of hydrazine groups is 1. The lowest BCUT2D eigenvalue weighted by Gasteiger charge is -2.14. The first-order chi connectivity index (χ1) is 7.74. The average molecular weight is 242 g/mol. The molecule has 88 valence electrons. The van der Waals surface area contributed by atoms with Gasteiger partial charge in [-0.15, -0.1) is 0 Å². The van der Waals surface area contributed by atoms with Crippen LogP contribution in [0.1, 0.15) is 17.9 Å². The van der Waals surface area contributed by atoms with Crippen LogP contribution in [0.2, 0.25) is 5.15 Å². The highest BCUT2D eigenvalue weighted by atomic mass is 35.5. The molecule has 2 rings (SSSR count). The molecule has 1 atom stereocenters. The highest BCUT2D eigenvalue weighted by Crippen LogP contribution is 2.30. The normalized spacial score (nSPS) is 21.3. The van der Waals surface area contributed by atoms with Crippen LogP contribution in [-0.4, -0.2) is 37.2 Å². The fourth-order valence-corrected chi connectivity index (χ4v) is 2.23. The lowest BCUT2D eigenvalue weighted by molar-refractivity contribution is 0.258. The van der Waals surface area contributed by atoms with Gasteiger partial charge in [-0.05, 0) is 25.1 Å². The number of hydrogen-bond acceptors (Lipinski definition) is 4. The molecule has 5 heteroatoms. The van der Waals surface area contributed by atoms with Gasteiger partial charge in [0.2, 0.25) is 0 Å². The molecular formula is C11H16ClN3O. The summed E-state index contributed by atoms with van der Waals surface area (Å²) in [5, 5.41) is 2.63. The van der Waals surface area contributed by atoms with E-state index in [1.54, 1.807) is 7.11 Å². The Morgan fingerprint density at radius 2 is 2.44 bits per heavy atom. The van der Waals surface area contributed by atoms with Gasteiger partial charge in [0.15, 0.2) is 10.9 Å². The highest BCUT2D eigenvalue weighted by Gasteiger charge is 2.23. The zero-order valence-electron chi connectivity index (χ0n) is 9.53. The molecule has 1 saturated heterocycles. The third-order valence-electron chi connectivity index (χ3n) is 3.02. The van der Waals surface area contributed by atoms with Crippen LogP contribution in [0.15, 0.2) is 12.3 Å². The topological polar surface area (TPSA) is 37.4 Å². The minimum absolute atomic E-state index is 0.426. The number of nitrogens with zero attached hydrogens (tertiary/aromatic N) is 2. The lowest BCUT2D eigenvalue weighted by Crippen LogP contribution is -2.32. The summed E-state index contributed by atoms with van der Waals surface area (Å²) in [7, 11) is 3.56. The maximum Gasteiger partial charge on any atom is 0.171 e.